The van der Waals surface area contributed by atoms with E-state index in [2.05, 4.69) is 20.9 Å². The van der Waals surface area contributed by atoms with Gasteiger partial charge in [0, 0.05) is 13.1 Å². The smallest absolute Gasteiger partial charge is 0.152 e. The van der Waals surface area contributed by atoms with Crippen molar-refractivity contribution in [3.05, 3.63) is 35.8 Å². The van der Waals surface area contributed by atoms with Crippen LogP contribution in [0.5, 0.6) is 0 Å². The molecule has 2 heterocycles. The molecular weight excluding hydrogens is 340 g/mol. The third-order valence-corrected chi connectivity index (χ3v) is 5.60. The van der Waals surface area contributed by atoms with Crippen molar-refractivity contribution >= 4 is 44.9 Å². The van der Waals surface area contributed by atoms with Crippen LogP contribution in [0.3, 0.4) is 0 Å². The maximum Gasteiger partial charge on any atom is 0.152 e. The van der Waals surface area contributed by atoms with Crippen LogP contribution in [0.2, 0.25) is 0 Å². The molecule has 1 atom stereocenters. The summed E-state index contributed by atoms with van der Waals surface area (Å²) in [6.07, 6.45) is 2.30. The number of nitrogens with zero attached hydrogens (tertiary/aromatic N) is 3. The van der Waals surface area contributed by atoms with Crippen molar-refractivity contribution in [1.82, 2.24) is 14.9 Å². The molecule has 2 aromatic rings. The second kappa shape index (κ2) is 7.24. The van der Waals surface area contributed by atoms with Crippen LogP contribution in [0.15, 0.2) is 30.0 Å². The first-order chi connectivity index (χ1) is 11.6. The Kier molecular flexibility index (Phi) is 5.07. The summed E-state index contributed by atoms with van der Waals surface area (Å²) in [4.78, 5) is 9.63. The summed E-state index contributed by atoms with van der Waals surface area (Å²) in [6, 6.07) is 9.60. The SMILES string of the molecule is C[C@H](SC(=S)N1CCCC1)/C(O)=C(\C#N)c1nc2ccccc2[nH]1. The fourth-order valence-corrected chi connectivity index (χ4v) is 4.17. The van der Waals surface area contributed by atoms with Crippen LogP contribution in [-0.4, -0.2) is 42.6 Å². The predicted molar refractivity (Wildman–Crippen MR) is 102 cm³/mol. The normalized spacial score (nSPS) is 16.8. The van der Waals surface area contributed by atoms with Gasteiger partial charge in [-0.1, -0.05) is 36.1 Å². The van der Waals surface area contributed by atoms with Crippen molar-refractivity contribution in [2.75, 3.05) is 13.1 Å². The average molecular weight is 358 g/mol. The van der Waals surface area contributed by atoms with Crippen LogP contribution >= 0.6 is 24.0 Å². The number of aromatic amines is 1. The first-order valence-corrected chi connectivity index (χ1v) is 9.13. The zero-order chi connectivity index (χ0) is 17.1. The Hall–Kier alpha value is -2.04. The summed E-state index contributed by atoms with van der Waals surface area (Å²) < 4.78 is 0.772. The Morgan fingerprint density at radius 3 is 2.79 bits per heavy atom. The van der Waals surface area contributed by atoms with Gasteiger partial charge in [-0.25, -0.2) is 4.98 Å². The number of imidazole rings is 1. The molecule has 1 aliphatic rings. The number of thioether (sulfide) groups is 1. The number of rotatable bonds is 3. The third-order valence-electron chi connectivity index (χ3n) is 4.02. The third kappa shape index (κ3) is 3.40. The van der Waals surface area contributed by atoms with Gasteiger partial charge in [-0.05, 0) is 31.9 Å². The molecule has 1 saturated heterocycles. The van der Waals surface area contributed by atoms with E-state index in [4.69, 9.17) is 12.2 Å². The molecule has 0 aliphatic carbocycles. The molecule has 124 valence electrons. The molecule has 0 saturated carbocycles. The van der Waals surface area contributed by atoms with Crippen molar-refractivity contribution in [2.24, 2.45) is 0 Å². The molecule has 3 rings (SSSR count). The van der Waals surface area contributed by atoms with Crippen molar-refractivity contribution in [2.45, 2.75) is 25.0 Å². The number of hydrogen-bond donors (Lipinski definition) is 2. The number of aliphatic hydroxyl groups is 1. The topological polar surface area (TPSA) is 75.9 Å². The Morgan fingerprint density at radius 1 is 1.42 bits per heavy atom. The first kappa shape index (κ1) is 16.8. The zero-order valence-electron chi connectivity index (χ0n) is 13.3. The van der Waals surface area contributed by atoms with E-state index < -0.39 is 0 Å². The quantitative estimate of drug-likeness (QED) is 0.493. The molecule has 2 N–H and O–H groups in total. The van der Waals surface area contributed by atoms with Gasteiger partial charge in [0.05, 0.1) is 16.3 Å². The van der Waals surface area contributed by atoms with E-state index in [0.717, 1.165) is 41.3 Å². The number of hydrogen-bond acceptors (Lipinski definition) is 5. The first-order valence-electron chi connectivity index (χ1n) is 7.84. The van der Waals surface area contributed by atoms with Crippen molar-refractivity contribution < 1.29 is 5.11 Å². The molecule has 1 aliphatic heterocycles. The number of aromatic nitrogens is 2. The van der Waals surface area contributed by atoms with Crippen LogP contribution < -0.4 is 0 Å². The Bertz CT molecular complexity index is 797. The Morgan fingerprint density at radius 2 is 2.12 bits per heavy atom. The van der Waals surface area contributed by atoms with Gasteiger partial charge in [0.1, 0.15) is 21.7 Å². The van der Waals surface area contributed by atoms with Crippen molar-refractivity contribution in [3.8, 4) is 6.07 Å². The van der Waals surface area contributed by atoms with Crippen LogP contribution in [0.25, 0.3) is 16.6 Å². The zero-order valence-corrected chi connectivity index (χ0v) is 15.0. The highest BCUT2D eigenvalue weighted by Crippen LogP contribution is 2.28. The van der Waals surface area contributed by atoms with Gasteiger partial charge in [0.15, 0.2) is 5.82 Å². The van der Waals surface area contributed by atoms with E-state index in [1.54, 1.807) is 0 Å². The Balaban J connectivity index is 1.83. The number of fused-ring (bicyclic) bond motifs is 1. The van der Waals surface area contributed by atoms with Gasteiger partial charge in [0.25, 0.3) is 0 Å². The molecule has 1 aromatic heterocycles. The fourth-order valence-electron chi connectivity index (χ4n) is 2.69. The minimum atomic E-state index is -0.305. The lowest BCUT2D eigenvalue weighted by Gasteiger charge is -2.20. The van der Waals surface area contributed by atoms with Crippen molar-refractivity contribution in [3.63, 3.8) is 0 Å². The minimum Gasteiger partial charge on any atom is -0.510 e. The highest BCUT2D eigenvalue weighted by atomic mass is 32.2. The molecule has 7 heteroatoms. The molecule has 1 fully saturated rings. The number of thiocarbonyl (C=S) groups is 1. The minimum absolute atomic E-state index is 0.00287. The van der Waals surface area contributed by atoms with E-state index in [0.29, 0.717) is 5.82 Å². The summed E-state index contributed by atoms with van der Waals surface area (Å²) in [5.74, 6) is 0.388. The number of benzene rings is 1. The number of likely N-dealkylation sites (tertiary alicyclic amines) is 1. The highest BCUT2D eigenvalue weighted by molar-refractivity contribution is 8.23. The summed E-state index contributed by atoms with van der Waals surface area (Å²) >= 11 is 6.86. The Labute approximate surface area is 150 Å². The summed E-state index contributed by atoms with van der Waals surface area (Å²) in [5, 5.41) is 19.7. The largest absolute Gasteiger partial charge is 0.510 e. The molecule has 1 aromatic carbocycles. The number of aliphatic hydroxyl groups excluding tert-OH is 1. The van der Waals surface area contributed by atoms with Gasteiger partial charge >= 0.3 is 0 Å². The van der Waals surface area contributed by atoms with E-state index >= 15 is 0 Å². The van der Waals surface area contributed by atoms with E-state index in [1.807, 2.05) is 31.2 Å². The van der Waals surface area contributed by atoms with E-state index in [9.17, 15) is 10.4 Å². The number of H-pyrrole nitrogens is 1. The van der Waals surface area contributed by atoms with Crippen LogP contribution in [0.1, 0.15) is 25.6 Å². The van der Waals surface area contributed by atoms with Gasteiger partial charge in [-0.2, -0.15) is 5.26 Å². The molecule has 5 nitrogen and oxygen atoms in total. The van der Waals surface area contributed by atoms with E-state index in [1.165, 1.54) is 11.8 Å². The van der Waals surface area contributed by atoms with Crippen LogP contribution in [0, 0.1) is 11.3 Å². The van der Waals surface area contributed by atoms with Crippen LogP contribution in [0.4, 0.5) is 0 Å². The van der Waals surface area contributed by atoms with Gasteiger partial charge in [0.2, 0.25) is 0 Å². The second-order valence-electron chi connectivity index (χ2n) is 5.69. The van der Waals surface area contributed by atoms with Gasteiger partial charge in [-0.3, -0.25) is 0 Å². The lowest BCUT2D eigenvalue weighted by atomic mass is 10.2. The maximum absolute atomic E-state index is 10.5. The lowest BCUT2D eigenvalue weighted by molar-refractivity contribution is 0.402. The molecular formula is C17H18N4OS2. The lowest BCUT2D eigenvalue weighted by Crippen LogP contribution is -2.25. The fraction of sp³-hybridized carbons (Fsp3) is 0.353. The molecule has 0 amide bonds. The summed E-state index contributed by atoms with van der Waals surface area (Å²) in [6.45, 7) is 3.79. The number of allylic oxidation sites excluding steroid dienone is 1. The van der Waals surface area contributed by atoms with Crippen molar-refractivity contribution in [1.29, 1.82) is 5.26 Å². The molecule has 0 unspecified atom stereocenters. The van der Waals surface area contributed by atoms with E-state index in [-0.39, 0.29) is 16.6 Å². The van der Waals surface area contributed by atoms with Crippen LogP contribution in [-0.2, 0) is 0 Å². The summed E-state index contributed by atoms with van der Waals surface area (Å²) in [5.41, 5.74) is 1.76. The highest BCUT2D eigenvalue weighted by Gasteiger charge is 2.23. The summed E-state index contributed by atoms with van der Waals surface area (Å²) in [7, 11) is 0. The number of nitrogens with one attached hydrogen (secondary N) is 1. The molecule has 0 bridgehead atoms. The molecule has 0 radical (unpaired) electrons. The number of para-hydroxylation sites is 2. The second-order valence-corrected chi connectivity index (χ2v) is 7.67. The van der Waals surface area contributed by atoms with Gasteiger partial charge < -0.3 is 15.0 Å². The maximum atomic E-state index is 10.5. The average Bonchev–Trinajstić information content (AvgIpc) is 3.24. The number of nitriles is 1. The molecule has 0 spiro atoms. The monoisotopic (exact) mass is 358 g/mol. The molecule has 24 heavy (non-hydrogen) atoms. The van der Waals surface area contributed by atoms with Gasteiger partial charge in [-0.15, -0.1) is 0 Å². The predicted octanol–water partition coefficient (Wildman–Crippen LogP) is 3.86. The standard InChI is InChI=1S/C17H18N4OS2/c1-11(24-17(23)21-8-4-5-9-21)15(22)12(10-18)16-19-13-6-2-3-7-14(13)20-16/h2-3,6-7,11,22H,4-5,8-9H2,1H3,(H,19,20)/b15-12-/t11-/m0/s1.